The first-order valence-corrected chi connectivity index (χ1v) is 5.92. The Balaban J connectivity index is 2.51. The molecule has 1 heterocycles. The van der Waals surface area contributed by atoms with Crippen LogP contribution in [0.15, 0.2) is 12.1 Å². The second-order valence-electron chi connectivity index (χ2n) is 4.96. The number of amides is 2. The predicted molar refractivity (Wildman–Crippen MR) is 70.3 cm³/mol. The van der Waals surface area contributed by atoms with E-state index in [4.69, 9.17) is 5.73 Å². The minimum Gasteiger partial charge on any atom is -0.397 e. The molecule has 0 saturated carbocycles. The van der Waals surface area contributed by atoms with Gasteiger partial charge in [0, 0.05) is 0 Å². The van der Waals surface area contributed by atoms with E-state index in [1.54, 1.807) is 12.1 Å². The molecule has 0 bridgehead atoms. The smallest absolute Gasteiger partial charge is 0.254 e. The van der Waals surface area contributed by atoms with Crippen LogP contribution in [0, 0.1) is 12.8 Å². The molecule has 0 radical (unpaired) electrons. The molecule has 0 aliphatic carbocycles. The first kappa shape index (κ1) is 12.4. The zero-order valence-electron chi connectivity index (χ0n) is 10.7. The summed E-state index contributed by atoms with van der Waals surface area (Å²) < 4.78 is 0. The average molecular weight is 247 g/mol. The molecule has 0 aromatic heterocycles. The van der Waals surface area contributed by atoms with Crippen molar-refractivity contribution in [1.82, 2.24) is 5.32 Å². The standard InChI is InChI=1S/C13H17N3O2/c1-6(2)10-13(18)16-11-8(12(17)15-10)4-7(3)5-9(11)14/h4-6,10H,14H2,1-3H3,(H,15,17)(H,16,18). The first-order chi connectivity index (χ1) is 8.40. The van der Waals surface area contributed by atoms with E-state index in [9.17, 15) is 9.59 Å². The lowest BCUT2D eigenvalue weighted by Gasteiger charge is -2.17. The van der Waals surface area contributed by atoms with Crippen LogP contribution in [0.1, 0.15) is 29.8 Å². The Morgan fingerprint density at radius 1 is 1.28 bits per heavy atom. The van der Waals surface area contributed by atoms with E-state index in [1.165, 1.54) is 0 Å². The molecule has 2 amide bonds. The van der Waals surface area contributed by atoms with Crippen LogP contribution >= 0.6 is 0 Å². The van der Waals surface area contributed by atoms with Crippen molar-refractivity contribution in [1.29, 1.82) is 0 Å². The number of hydrogen-bond acceptors (Lipinski definition) is 3. The van der Waals surface area contributed by atoms with Gasteiger partial charge in [0.15, 0.2) is 0 Å². The lowest BCUT2D eigenvalue weighted by molar-refractivity contribution is -0.118. The molecular formula is C13H17N3O2. The summed E-state index contributed by atoms with van der Waals surface area (Å²) in [5.41, 5.74) is 7.99. The van der Waals surface area contributed by atoms with Crippen LogP contribution in [0.5, 0.6) is 0 Å². The number of rotatable bonds is 1. The molecule has 1 aromatic rings. The SMILES string of the molecule is Cc1cc(N)c2c(c1)C(=O)NC(C(C)C)C(=O)N2. The van der Waals surface area contributed by atoms with E-state index >= 15 is 0 Å². The minimum absolute atomic E-state index is 0.0191. The van der Waals surface area contributed by atoms with Crippen molar-refractivity contribution in [2.45, 2.75) is 26.8 Å². The number of fused-ring (bicyclic) bond motifs is 1. The number of anilines is 2. The largest absolute Gasteiger partial charge is 0.397 e. The van der Waals surface area contributed by atoms with Crippen molar-refractivity contribution in [3.05, 3.63) is 23.3 Å². The molecule has 1 atom stereocenters. The average Bonchev–Trinajstić information content (AvgIpc) is 2.39. The molecule has 1 aliphatic heterocycles. The van der Waals surface area contributed by atoms with Crippen LogP contribution in [0.3, 0.4) is 0 Å². The van der Waals surface area contributed by atoms with E-state index < -0.39 is 6.04 Å². The van der Waals surface area contributed by atoms with Gasteiger partial charge in [-0.25, -0.2) is 0 Å². The summed E-state index contributed by atoms with van der Waals surface area (Å²) in [6.45, 7) is 5.63. The molecule has 18 heavy (non-hydrogen) atoms. The topological polar surface area (TPSA) is 84.2 Å². The maximum absolute atomic E-state index is 12.1. The molecule has 1 aromatic carbocycles. The van der Waals surface area contributed by atoms with Crippen LogP contribution in [-0.2, 0) is 4.79 Å². The van der Waals surface area contributed by atoms with E-state index in [0.717, 1.165) is 5.56 Å². The van der Waals surface area contributed by atoms with Gasteiger partial charge in [-0.1, -0.05) is 13.8 Å². The molecular weight excluding hydrogens is 230 g/mol. The molecule has 96 valence electrons. The molecule has 2 rings (SSSR count). The number of benzene rings is 1. The Morgan fingerprint density at radius 2 is 1.94 bits per heavy atom. The van der Waals surface area contributed by atoms with Gasteiger partial charge in [0.1, 0.15) is 6.04 Å². The van der Waals surface area contributed by atoms with Gasteiger partial charge in [-0.15, -0.1) is 0 Å². The van der Waals surface area contributed by atoms with Crippen LogP contribution in [0.2, 0.25) is 0 Å². The monoisotopic (exact) mass is 247 g/mol. The second kappa shape index (κ2) is 4.33. The number of carbonyl (C=O) groups is 2. The van der Waals surface area contributed by atoms with Crippen molar-refractivity contribution in [2.24, 2.45) is 5.92 Å². The van der Waals surface area contributed by atoms with E-state index in [2.05, 4.69) is 10.6 Å². The highest BCUT2D eigenvalue weighted by Crippen LogP contribution is 2.28. The van der Waals surface area contributed by atoms with Gasteiger partial charge in [-0.3, -0.25) is 9.59 Å². The third kappa shape index (κ3) is 2.03. The summed E-state index contributed by atoms with van der Waals surface area (Å²) in [4.78, 5) is 24.1. The summed E-state index contributed by atoms with van der Waals surface area (Å²) in [5, 5.41) is 5.46. The van der Waals surface area contributed by atoms with Crippen molar-refractivity contribution in [2.75, 3.05) is 11.1 Å². The third-order valence-corrected chi connectivity index (χ3v) is 3.04. The summed E-state index contributed by atoms with van der Waals surface area (Å²) in [6.07, 6.45) is 0. The first-order valence-electron chi connectivity index (χ1n) is 5.92. The Morgan fingerprint density at radius 3 is 2.56 bits per heavy atom. The lowest BCUT2D eigenvalue weighted by atomic mass is 10.0. The quantitative estimate of drug-likeness (QED) is 0.654. The van der Waals surface area contributed by atoms with Crippen molar-refractivity contribution in [3.8, 4) is 0 Å². The molecule has 5 nitrogen and oxygen atoms in total. The summed E-state index contributed by atoms with van der Waals surface area (Å²) in [5.74, 6) is -0.476. The molecule has 1 unspecified atom stereocenters. The third-order valence-electron chi connectivity index (χ3n) is 3.04. The van der Waals surface area contributed by atoms with Crippen LogP contribution in [0.25, 0.3) is 0 Å². The highest BCUT2D eigenvalue weighted by Gasteiger charge is 2.30. The van der Waals surface area contributed by atoms with E-state index in [1.807, 2.05) is 20.8 Å². The van der Waals surface area contributed by atoms with E-state index in [0.29, 0.717) is 16.9 Å². The van der Waals surface area contributed by atoms with Gasteiger partial charge in [0.2, 0.25) is 5.91 Å². The Labute approximate surface area is 106 Å². The maximum Gasteiger partial charge on any atom is 0.254 e. The minimum atomic E-state index is -0.537. The lowest BCUT2D eigenvalue weighted by Crippen LogP contribution is -2.44. The molecule has 0 spiro atoms. The Kier molecular flexibility index (Phi) is 2.98. The van der Waals surface area contributed by atoms with Crippen LogP contribution < -0.4 is 16.4 Å². The Bertz CT molecular complexity index is 523. The fourth-order valence-corrected chi connectivity index (χ4v) is 2.09. The van der Waals surface area contributed by atoms with Gasteiger partial charge in [0.25, 0.3) is 5.91 Å². The number of nitrogens with two attached hydrogens (primary N) is 1. The zero-order chi connectivity index (χ0) is 13.4. The number of hydrogen-bond donors (Lipinski definition) is 3. The highest BCUT2D eigenvalue weighted by atomic mass is 16.2. The van der Waals surface area contributed by atoms with Gasteiger partial charge in [-0.05, 0) is 30.5 Å². The Hall–Kier alpha value is -2.04. The number of nitrogen functional groups attached to an aromatic ring is 1. The highest BCUT2D eigenvalue weighted by molar-refractivity contribution is 6.12. The maximum atomic E-state index is 12.1. The van der Waals surface area contributed by atoms with Gasteiger partial charge in [-0.2, -0.15) is 0 Å². The normalized spacial score (nSPS) is 19.0. The van der Waals surface area contributed by atoms with Gasteiger partial charge in [0.05, 0.1) is 16.9 Å². The fourth-order valence-electron chi connectivity index (χ4n) is 2.09. The molecule has 1 aliphatic rings. The predicted octanol–water partition coefficient (Wildman–Crippen LogP) is 1.28. The fraction of sp³-hybridized carbons (Fsp3) is 0.385. The second-order valence-corrected chi connectivity index (χ2v) is 4.96. The number of nitrogens with one attached hydrogen (secondary N) is 2. The van der Waals surface area contributed by atoms with Crippen LogP contribution in [0.4, 0.5) is 11.4 Å². The summed E-state index contributed by atoms with van der Waals surface area (Å²) >= 11 is 0. The summed E-state index contributed by atoms with van der Waals surface area (Å²) in [6, 6.07) is 2.93. The molecule has 4 N–H and O–H groups in total. The van der Waals surface area contributed by atoms with Gasteiger partial charge >= 0.3 is 0 Å². The molecule has 0 saturated heterocycles. The number of carbonyl (C=O) groups excluding carboxylic acids is 2. The van der Waals surface area contributed by atoms with Crippen molar-refractivity contribution in [3.63, 3.8) is 0 Å². The van der Waals surface area contributed by atoms with Crippen molar-refractivity contribution >= 4 is 23.2 Å². The number of aryl methyl sites for hydroxylation is 1. The molecule has 5 heteroatoms. The van der Waals surface area contributed by atoms with E-state index in [-0.39, 0.29) is 17.7 Å². The zero-order valence-corrected chi connectivity index (χ0v) is 10.7. The van der Waals surface area contributed by atoms with Crippen molar-refractivity contribution < 1.29 is 9.59 Å². The summed E-state index contributed by atoms with van der Waals surface area (Å²) in [7, 11) is 0. The molecule has 0 fully saturated rings. The van der Waals surface area contributed by atoms with Gasteiger partial charge < -0.3 is 16.4 Å². The van der Waals surface area contributed by atoms with Crippen LogP contribution in [-0.4, -0.2) is 17.9 Å².